The maximum absolute atomic E-state index is 3.66. The molecule has 14 heavy (non-hydrogen) atoms. The Morgan fingerprint density at radius 1 is 1.36 bits per heavy atom. The first-order valence-corrected chi connectivity index (χ1v) is 5.90. The van der Waals surface area contributed by atoms with Crippen LogP contribution in [0.15, 0.2) is 28.7 Å². The SMILES string of the molecule is CC1(C)CCC(c2ccccc2Br)N1. The standard InChI is InChI=1S/C12H16BrN/c1-12(2)8-7-11(14-12)9-5-3-4-6-10(9)13/h3-6,11,14H,7-8H2,1-2H3. The van der Waals surface area contributed by atoms with Crippen LogP contribution in [0.3, 0.4) is 0 Å². The molecule has 76 valence electrons. The molecule has 1 N–H and O–H groups in total. The fourth-order valence-corrected chi connectivity index (χ4v) is 2.67. The van der Waals surface area contributed by atoms with Crippen LogP contribution >= 0.6 is 15.9 Å². The molecule has 0 aliphatic carbocycles. The fourth-order valence-electron chi connectivity index (χ4n) is 2.11. The Morgan fingerprint density at radius 2 is 2.07 bits per heavy atom. The van der Waals surface area contributed by atoms with Crippen LogP contribution in [0.5, 0.6) is 0 Å². The van der Waals surface area contributed by atoms with Crippen LogP contribution in [0, 0.1) is 0 Å². The molecule has 1 aromatic rings. The van der Waals surface area contributed by atoms with Gasteiger partial charge in [0.15, 0.2) is 0 Å². The number of benzene rings is 1. The lowest BCUT2D eigenvalue weighted by molar-refractivity contribution is 0.432. The highest BCUT2D eigenvalue weighted by Crippen LogP contribution is 2.35. The molecule has 1 atom stereocenters. The highest BCUT2D eigenvalue weighted by atomic mass is 79.9. The van der Waals surface area contributed by atoms with Crippen LogP contribution in [0.1, 0.15) is 38.3 Å². The van der Waals surface area contributed by atoms with Crippen LogP contribution in [0.2, 0.25) is 0 Å². The monoisotopic (exact) mass is 253 g/mol. The minimum absolute atomic E-state index is 0.292. The minimum Gasteiger partial charge on any atom is -0.305 e. The molecule has 1 nitrogen and oxygen atoms in total. The molecule has 0 radical (unpaired) electrons. The van der Waals surface area contributed by atoms with Crippen molar-refractivity contribution in [2.24, 2.45) is 0 Å². The Bertz CT molecular complexity index is 333. The van der Waals surface area contributed by atoms with Gasteiger partial charge in [0, 0.05) is 16.1 Å². The fraction of sp³-hybridized carbons (Fsp3) is 0.500. The summed E-state index contributed by atoms with van der Waals surface area (Å²) in [6.45, 7) is 4.54. The highest BCUT2D eigenvalue weighted by Gasteiger charge is 2.31. The van der Waals surface area contributed by atoms with Crippen molar-refractivity contribution < 1.29 is 0 Å². The van der Waals surface area contributed by atoms with E-state index in [1.165, 1.54) is 22.9 Å². The average Bonchev–Trinajstić information content (AvgIpc) is 2.47. The summed E-state index contributed by atoms with van der Waals surface area (Å²) in [5, 5.41) is 3.66. The van der Waals surface area contributed by atoms with E-state index in [0.29, 0.717) is 11.6 Å². The van der Waals surface area contributed by atoms with Gasteiger partial charge in [-0.05, 0) is 38.3 Å². The van der Waals surface area contributed by atoms with E-state index >= 15 is 0 Å². The number of hydrogen-bond donors (Lipinski definition) is 1. The second-order valence-electron chi connectivity index (χ2n) is 4.64. The van der Waals surface area contributed by atoms with Gasteiger partial charge in [-0.15, -0.1) is 0 Å². The number of rotatable bonds is 1. The van der Waals surface area contributed by atoms with Crippen molar-refractivity contribution in [3.8, 4) is 0 Å². The van der Waals surface area contributed by atoms with Gasteiger partial charge >= 0.3 is 0 Å². The zero-order chi connectivity index (χ0) is 10.2. The summed E-state index contributed by atoms with van der Waals surface area (Å²) in [6.07, 6.45) is 2.48. The maximum atomic E-state index is 3.66. The Kier molecular flexibility index (Phi) is 2.67. The van der Waals surface area contributed by atoms with Gasteiger partial charge in [0.25, 0.3) is 0 Å². The zero-order valence-electron chi connectivity index (χ0n) is 8.68. The third-order valence-electron chi connectivity index (χ3n) is 2.90. The smallest absolute Gasteiger partial charge is 0.0336 e. The van der Waals surface area contributed by atoms with Crippen molar-refractivity contribution >= 4 is 15.9 Å². The van der Waals surface area contributed by atoms with Crippen molar-refractivity contribution in [2.75, 3.05) is 0 Å². The summed E-state index contributed by atoms with van der Waals surface area (Å²) in [7, 11) is 0. The molecule has 0 aromatic heterocycles. The van der Waals surface area contributed by atoms with Gasteiger partial charge in [0.05, 0.1) is 0 Å². The largest absolute Gasteiger partial charge is 0.305 e. The van der Waals surface area contributed by atoms with Crippen molar-refractivity contribution in [1.82, 2.24) is 5.32 Å². The van der Waals surface area contributed by atoms with E-state index in [0.717, 1.165) is 0 Å². The molecule has 1 fully saturated rings. The van der Waals surface area contributed by atoms with E-state index < -0.39 is 0 Å². The molecular formula is C12H16BrN. The van der Waals surface area contributed by atoms with Crippen LogP contribution in [0.25, 0.3) is 0 Å². The van der Waals surface area contributed by atoms with E-state index in [-0.39, 0.29) is 0 Å². The van der Waals surface area contributed by atoms with Gasteiger partial charge in [-0.1, -0.05) is 34.1 Å². The summed E-state index contributed by atoms with van der Waals surface area (Å²) in [4.78, 5) is 0. The lowest BCUT2D eigenvalue weighted by Crippen LogP contribution is -2.33. The van der Waals surface area contributed by atoms with Gasteiger partial charge in [0.1, 0.15) is 0 Å². The van der Waals surface area contributed by atoms with Crippen molar-refractivity contribution in [2.45, 2.75) is 38.3 Å². The third kappa shape index (κ3) is 2.01. The van der Waals surface area contributed by atoms with E-state index in [4.69, 9.17) is 0 Å². The Balaban J connectivity index is 2.22. The minimum atomic E-state index is 0.292. The molecule has 2 heteroatoms. The van der Waals surface area contributed by atoms with Crippen molar-refractivity contribution in [3.05, 3.63) is 34.3 Å². The predicted octanol–water partition coefficient (Wildman–Crippen LogP) is 3.65. The van der Waals surface area contributed by atoms with Gasteiger partial charge in [-0.3, -0.25) is 0 Å². The van der Waals surface area contributed by atoms with Crippen molar-refractivity contribution in [1.29, 1.82) is 0 Å². The second kappa shape index (κ2) is 3.67. The molecule has 1 unspecified atom stereocenters. The normalized spacial score (nSPS) is 25.2. The molecule has 0 bridgehead atoms. The Labute approximate surface area is 94.0 Å². The highest BCUT2D eigenvalue weighted by molar-refractivity contribution is 9.10. The maximum Gasteiger partial charge on any atom is 0.0336 e. The summed E-state index contributed by atoms with van der Waals surface area (Å²) in [5.74, 6) is 0. The molecule has 0 amide bonds. The van der Waals surface area contributed by atoms with Gasteiger partial charge in [-0.25, -0.2) is 0 Å². The molecule has 1 heterocycles. The van der Waals surface area contributed by atoms with Crippen LogP contribution in [-0.2, 0) is 0 Å². The first-order chi connectivity index (χ1) is 6.58. The summed E-state index contributed by atoms with van der Waals surface area (Å²) < 4.78 is 1.22. The molecule has 2 rings (SSSR count). The van der Waals surface area contributed by atoms with Gasteiger partial charge < -0.3 is 5.32 Å². The van der Waals surface area contributed by atoms with E-state index in [2.05, 4.69) is 59.4 Å². The first kappa shape index (κ1) is 10.2. The summed E-state index contributed by atoms with van der Waals surface area (Å²) in [5.41, 5.74) is 1.68. The molecular weight excluding hydrogens is 238 g/mol. The molecule has 1 saturated heterocycles. The molecule has 1 aliphatic heterocycles. The summed E-state index contributed by atoms with van der Waals surface area (Å²) in [6, 6.07) is 8.99. The predicted molar refractivity (Wildman–Crippen MR) is 63.3 cm³/mol. The quantitative estimate of drug-likeness (QED) is 0.806. The van der Waals surface area contributed by atoms with Crippen LogP contribution in [-0.4, -0.2) is 5.54 Å². The van der Waals surface area contributed by atoms with Crippen LogP contribution < -0.4 is 5.32 Å². The van der Waals surface area contributed by atoms with Gasteiger partial charge in [-0.2, -0.15) is 0 Å². The topological polar surface area (TPSA) is 12.0 Å². The first-order valence-electron chi connectivity index (χ1n) is 5.11. The zero-order valence-corrected chi connectivity index (χ0v) is 10.3. The molecule has 0 saturated carbocycles. The molecule has 1 aromatic carbocycles. The summed E-state index contributed by atoms with van der Waals surface area (Å²) >= 11 is 3.60. The molecule has 0 spiro atoms. The van der Waals surface area contributed by atoms with Gasteiger partial charge in [0.2, 0.25) is 0 Å². The number of halogens is 1. The van der Waals surface area contributed by atoms with Crippen molar-refractivity contribution in [3.63, 3.8) is 0 Å². The number of hydrogen-bond acceptors (Lipinski definition) is 1. The lowest BCUT2D eigenvalue weighted by atomic mass is 10.0. The molecule has 1 aliphatic rings. The van der Waals surface area contributed by atoms with E-state index in [1.54, 1.807) is 0 Å². The Hall–Kier alpha value is -0.340. The third-order valence-corrected chi connectivity index (χ3v) is 3.63. The number of nitrogens with one attached hydrogen (secondary N) is 1. The van der Waals surface area contributed by atoms with Crippen LogP contribution in [0.4, 0.5) is 0 Å². The average molecular weight is 254 g/mol. The van der Waals surface area contributed by atoms with E-state index in [9.17, 15) is 0 Å². The second-order valence-corrected chi connectivity index (χ2v) is 5.50. The Morgan fingerprint density at radius 3 is 2.64 bits per heavy atom. The van der Waals surface area contributed by atoms with E-state index in [1.807, 2.05) is 0 Å². The lowest BCUT2D eigenvalue weighted by Gasteiger charge is -2.20.